The molecular formula is C13H23N3. The summed E-state index contributed by atoms with van der Waals surface area (Å²) in [5.74, 6) is 0.531. The van der Waals surface area contributed by atoms with Gasteiger partial charge in [-0.3, -0.25) is 0 Å². The molecule has 0 bridgehead atoms. The molecule has 1 atom stereocenters. The minimum Gasteiger partial charge on any atom is -0.405 e. The number of piperidine rings is 1. The summed E-state index contributed by atoms with van der Waals surface area (Å²) in [7, 11) is 0. The van der Waals surface area contributed by atoms with Gasteiger partial charge in [0.25, 0.3) is 0 Å². The van der Waals surface area contributed by atoms with E-state index in [1.165, 1.54) is 11.1 Å². The van der Waals surface area contributed by atoms with Gasteiger partial charge >= 0.3 is 0 Å². The van der Waals surface area contributed by atoms with E-state index in [0.717, 1.165) is 31.5 Å². The third-order valence-electron chi connectivity index (χ3n) is 3.26. The van der Waals surface area contributed by atoms with E-state index in [4.69, 9.17) is 11.5 Å². The Labute approximate surface area is 98.3 Å². The van der Waals surface area contributed by atoms with Crippen molar-refractivity contribution in [2.24, 2.45) is 17.4 Å². The molecule has 1 aliphatic heterocycles. The molecular weight excluding hydrogens is 198 g/mol. The van der Waals surface area contributed by atoms with Crippen LogP contribution in [0.2, 0.25) is 0 Å². The van der Waals surface area contributed by atoms with Crippen molar-refractivity contribution in [1.82, 2.24) is 5.32 Å². The van der Waals surface area contributed by atoms with E-state index in [2.05, 4.69) is 25.2 Å². The van der Waals surface area contributed by atoms with Gasteiger partial charge in [-0.2, -0.15) is 0 Å². The molecule has 0 aromatic rings. The second-order valence-electron chi connectivity index (χ2n) is 4.46. The Bertz CT molecular complexity index is 301. The third-order valence-corrected chi connectivity index (χ3v) is 3.26. The molecule has 0 saturated carbocycles. The molecule has 1 aliphatic rings. The van der Waals surface area contributed by atoms with Crippen molar-refractivity contribution in [1.29, 1.82) is 0 Å². The van der Waals surface area contributed by atoms with Crippen LogP contribution in [0.1, 0.15) is 33.1 Å². The molecule has 90 valence electrons. The summed E-state index contributed by atoms with van der Waals surface area (Å²) >= 11 is 0. The lowest BCUT2D eigenvalue weighted by molar-refractivity contribution is 0.659. The molecule has 0 aromatic heterocycles. The fraction of sp³-hybridized carbons (Fsp3) is 0.538. The summed E-state index contributed by atoms with van der Waals surface area (Å²) in [6.45, 7) is 5.22. The molecule has 1 rings (SSSR count). The van der Waals surface area contributed by atoms with Crippen LogP contribution in [0.3, 0.4) is 0 Å². The summed E-state index contributed by atoms with van der Waals surface area (Å²) in [5.41, 5.74) is 14.8. The molecule has 3 nitrogen and oxygen atoms in total. The average Bonchev–Trinajstić information content (AvgIpc) is 2.35. The maximum Gasteiger partial charge on any atom is 0.0357 e. The molecule has 3 heteroatoms. The Balaban J connectivity index is 2.42. The van der Waals surface area contributed by atoms with Gasteiger partial charge < -0.3 is 16.8 Å². The summed E-state index contributed by atoms with van der Waals surface area (Å²) in [6.07, 6.45) is 8.92. The zero-order chi connectivity index (χ0) is 12.0. The highest BCUT2D eigenvalue weighted by atomic mass is 14.9. The van der Waals surface area contributed by atoms with Gasteiger partial charge in [-0.15, -0.1) is 0 Å². The Morgan fingerprint density at radius 2 is 2.19 bits per heavy atom. The Morgan fingerprint density at radius 3 is 2.69 bits per heavy atom. The standard InChI is InChI=1S/C13H23N3/c1-10(11(2)7-14)3-4-12-5-6-13(8-15)16-9-12/h4,7-8,10,16H,3,5-6,9,14-15H2,1-2H3/b11-7-,12-4+,13-8-. The van der Waals surface area contributed by atoms with Crippen molar-refractivity contribution in [3.05, 3.63) is 35.3 Å². The average molecular weight is 221 g/mol. The van der Waals surface area contributed by atoms with Crippen molar-refractivity contribution in [3.8, 4) is 0 Å². The summed E-state index contributed by atoms with van der Waals surface area (Å²) in [4.78, 5) is 0. The summed E-state index contributed by atoms with van der Waals surface area (Å²) in [5, 5.41) is 3.31. The van der Waals surface area contributed by atoms with Gasteiger partial charge in [0.2, 0.25) is 0 Å². The number of allylic oxidation sites excluding steroid dienone is 3. The van der Waals surface area contributed by atoms with E-state index in [1.807, 2.05) is 0 Å². The Hall–Kier alpha value is -1.38. The molecule has 16 heavy (non-hydrogen) atoms. The maximum absolute atomic E-state index is 5.50. The van der Waals surface area contributed by atoms with Gasteiger partial charge in [0, 0.05) is 18.4 Å². The van der Waals surface area contributed by atoms with Gasteiger partial charge in [0.05, 0.1) is 0 Å². The molecule has 1 saturated heterocycles. The van der Waals surface area contributed by atoms with Crippen molar-refractivity contribution >= 4 is 0 Å². The molecule has 0 amide bonds. The van der Waals surface area contributed by atoms with Crippen LogP contribution < -0.4 is 16.8 Å². The van der Waals surface area contributed by atoms with Crippen LogP contribution in [0.5, 0.6) is 0 Å². The molecule has 0 aromatic carbocycles. The smallest absolute Gasteiger partial charge is 0.0357 e. The Morgan fingerprint density at radius 1 is 1.44 bits per heavy atom. The van der Waals surface area contributed by atoms with Crippen LogP contribution in [0.25, 0.3) is 0 Å². The second kappa shape index (κ2) is 6.26. The first kappa shape index (κ1) is 12.7. The number of hydrogen-bond donors (Lipinski definition) is 3. The summed E-state index contributed by atoms with van der Waals surface area (Å²) < 4.78 is 0. The summed E-state index contributed by atoms with van der Waals surface area (Å²) in [6, 6.07) is 0. The van der Waals surface area contributed by atoms with Crippen LogP contribution >= 0.6 is 0 Å². The molecule has 5 N–H and O–H groups in total. The van der Waals surface area contributed by atoms with Crippen molar-refractivity contribution in [3.63, 3.8) is 0 Å². The molecule has 1 unspecified atom stereocenters. The fourth-order valence-electron chi connectivity index (χ4n) is 1.71. The minimum atomic E-state index is 0.531. The number of nitrogens with one attached hydrogen (secondary N) is 1. The largest absolute Gasteiger partial charge is 0.405 e. The van der Waals surface area contributed by atoms with Crippen LogP contribution in [0.4, 0.5) is 0 Å². The first-order valence-corrected chi connectivity index (χ1v) is 5.88. The van der Waals surface area contributed by atoms with Gasteiger partial charge in [0.1, 0.15) is 0 Å². The highest BCUT2D eigenvalue weighted by Crippen LogP contribution is 2.19. The van der Waals surface area contributed by atoms with Crippen molar-refractivity contribution < 1.29 is 0 Å². The number of hydrogen-bond acceptors (Lipinski definition) is 3. The SMILES string of the molecule is C/C(=C/N)C(C)C/C=C1\CC/C(=C/N)NC1. The monoisotopic (exact) mass is 221 g/mol. The molecule has 0 aliphatic carbocycles. The predicted octanol–water partition coefficient (Wildman–Crippen LogP) is 1.98. The van der Waals surface area contributed by atoms with E-state index in [9.17, 15) is 0 Å². The highest BCUT2D eigenvalue weighted by molar-refractivity contribution is 5.16. The van der Waals surface area contributed by atoms with E-state index < -0.39 is 0 Å². The number of rotatable bonds is 3. The van der Waals surface area contributed by atoms with Gasteiger partial charge in [0.15, 0.2) is 0 Å². The van der Waals surface area contributed by atoms with E-state index in [0.29, 0.717) is 5.92 Å². The normalized spacial score (nSPS) is 24.5. The van der Waals surface area contributed by atoms with Crippen molar-refractivity contribution in [2.75, 3.05) is 6.54 Å². The number of nitrogens with two attached hydrogens (primary N) is 2. The highest BCUT2D eigenvalue weighted by Gasteiger charge is 2.09. The lowest BCUT2D eigenvalue weighted by atomic mass is 9.96. The lowest BCUT2D eigenvalue weighted by Crippen LogP contribution is -2.23. The van der Waals surface area contributed by atoms with E-state index in [1.54, 1.807) is 12.4 Å². The van der Waals surface area contributed by atoms with Crippen LogP contribution in [0, 0.1) is 5.92 Å². The molecule has 0 spiro atoms. The minimum absolute atomic E-state index is 0.531. The van der Waals surface area contributed by atoms with Gasteiger partial charge in [-0.1, -0.05) is 24.1 Å². The zero-order valence-electron chi connectivity index (χ0n) is 10.3. The fourth-order valence-corrected chi connectivity index (χ4v) is 1.71. The Kier molecular flexibility index (Phi) is 4.96. The lowest BCUT2D eigenvalue weighted by Gasteiger charge is -2.20. The first-order chi connectivity index (χ1) is 7.67. The third kappa shape index (κ3) is 3.65. The van der Waals surface area contributed by atoms with Crippen LogP contribution in [-0.2, 0) is 0 Å². The first-order valence-electron chi connectivity index (χ1n) is 5.88. The van der Waals surface area contributed by atoms with Gasteiger partial charge in [-0.25, -0.2) is 0 Å². The maximum atomic E-state index is 5.50. The van der Waals surface area contributed by atoms with E-state index >= 15 is 0 Å². The molecule has 1 heterocycles. The zero-order valence-corrected chi connectivity index (χ0v) is 10.3. The van der Waals surface area contributed by atoms with Crippen LogP contribution in [0.15, 0.2) is 35.3 Å². The second-order valence-corrected chi connectivity index (χ2v) is 4.46. The topological polar surface area (TPSA) is 64.1 Å². The van der Waals surface area contributed by atoms with Gasteiger partial charge in [-0.05, 0) is 38.3 Å². The van der Waals surface area contributed by atoms with Crippen molar-refractivity contribution in [2.45, 2.75) is 33.1 Å². The predicted molar refractivity (Wildman–Crippen MR) is 69.3 cm³/mol. The molecule has 1 fully saturated rings. The van der Waals surface area contributed by atoms with E-state index in [-0.39, 0.29) is 0 Å². The van der Waals surface area contributed by atoms with Crippen LogP contribution in [-0.4, -0.2) is 6.54 Å². The quantitative estimate of drug-likeness (QED) is 0.639. The molecule has 0 radical (unpaired) electrons.